The monoisotopic (exact) mass is 250 g/mol. The van der Waals surface area contributed by atoms with E-state index in [-0.39, 0.29) is 16.7 Å². The molecule has 5 nitrogen and oxygen atoms in total. The second-order valence-electron chi connectivity index (χ2n) is 4.03. The van der Waals surface area contributed by atoms with Gasteiger partial charge in [-0.1, -0.05) is 31.9 Å². The number of aliphatic hydroxyl groups excluding tert-OH is 1. The number of aromatic carboxylic acids is 2. The fourth-order valence-corrected chi connectivity index (χ4v) is 1.70. The fourth-order valence-electron chi connectivity index (χ4n) is 1.70. The van der Waals surface area contributed by atoms with Gasteiger partial charge in [0.2, 0.25) is 0 Å². The van der Waals surface area contributed by atoms with Crippen molar-refractivity contribution in [3.8, 4) is 0 Å². The molecule has 0 spiro atoms. The van der Waals surface area contributed by atoms with Crippen LogP contribution in [-0.2, 0) is 0 Å². The minimum atomic E-state index is -1.44. The molecular weight excluding hydrogens is 236 g/mol. The fraction of sp³-hybridized carbons (Fsp3) is 0.385. The Morgan fingerprint density at radius 2 is 1.94 bits per heavy atom. The van der Waals surface area contributed by atoms with Gasteiger partial charge in [0.1, 0.15) is 0 Å². The maximum Gasteiger partial charge on any atom is 0.0796 e. The average Bonchev–Trinajstić information content (AvgIpc) is 2.34. The second kappa shape index (κ2) is 6.16. The highest BCUT2D eigenvalue weighted by atomic mass is 16.4. The topological polar surface area (TPSA) is 100 Å². The molecular formula is C13H14O5-2. The highest BCUT2D eigenvalue weighted by Gasteiger charge is 2.14. The molecule has 1 N–H and O–H groups in total. The summed E-state index contributed by atoms with van der Waals surface area (Å²) in [6.07, 6.45) is 0.908. The van der Waals surface area contributed by atoms with Gasteiger partial charge in [0.05, 0.1) is 18.0 Å². The zero-order chi connectivity index (χ0) is 13.7. The molecule has 0 saturated heterocycles. The zero-order valence-electron chi connectivity index (χ0n) is 10.0. The zero-order valence-corrected chi connectivity index (χ0v) is 10.0. The SMILES string of the molecule is CCCCC(O)c1cc(C(=O)[O-])ccc1C(=O)[O-]. The molecule has 0 saturated carbocycles. The molecule has 0 heterocycles. The number of rotatable bonds is 6. The summed E-state index contributed by atoms with van der Waals surface area (Å²) < 4.78 is 0. The van der Waals surface area contributed by atoms with Gasteiger partial charge >= 0.3 is 0 Å². The Bertz CT molecular complexity index is 453. The summed E-state index contributed by atoms with van der Waals surface area (Å²) in [6.45, 7) is 1.93. The first kappa shape index (κ1) is 14.2. The maximum absolute atomic E-state index is 10.9. The Balaban J connectivity index is 3.14. The molecule has 0 radical (unpaired) electrons. The van der Waals surface area contributed by atoms with Crippen LogP contribution in [0.25, 0.3) is 0 Å². The van der Waals surface area contributed by atoms with Crippen molar-refractivity contribution in [2.75, 3.05) is 0 Å². The van der Waals surface area contributed by atoms with Crippen LogP contribution in [-0.4, -0.2) is 17.0 Å². The van der Waals surface area contributed by atoms with Crippen LogP contribution in [0.5, 0.6) is 0 Å². The van der Waals surface area contributed by atoms with Crippen molar-refractivity contribution in [1.82, 2.24) is 0 Å². The molecule has 0 bridgehead atoms. The molecule has 0 aromatic heterocycles. The minimum absolute atomic E-state index is 0.0603. The number of carboxylic acid groups (broad SMARTS) is 2. The molecule has 0 aliphatic carbocycles. The van der Waals surface area contributed by atoms with Gasteiger partial charge in [-0.3, -0.25) is 0 Å². The predicted octanol–water partition coefficient (Wildman–Crippen LogP) is -0.363. The van der Waals surface area contributed by atoms with E-state index in [1.807, 2.05) is 6.92 Å². The van der Waals surface area contributed by atoms with Crippen LogP contribution in [0.3, 0.4) is 0 Å². The van der Waals surface area contributed by atoms with Gasteiger partial charge in [-0.05, 0) is 23.6 Å². The van der Waals surface area contributed by atoms with Crippen molar-refractivity contribution in [3.63, 3.8) is 0 Å². The summed E-state index contributed by atoms with van der Waals surface area (Å²) in [5, 5.41) is 31.5. The number of aliphatic hydroxyl groups is 1. The summed E-state index contributed by atoms with van der Waals surface area (Å²) in [4.78, 5) is 21.6. The standard InChI is InChI=1S/C13H16O5/c1-2-3-4-11(14)10-7-8(12(15)16)5-6-9(10)13(17)18/h5-7,11,14H,2-4H2,1H3,(H,15,16)(H,17,18)/p-2. The highest BCUT2D eigenvalue weighted by Crippen LogP contribution is 2.24. The van der Waals surface area contributed by atoms with Gasteiger partial charge in [0.15, 0.2) is 0 Å². The third-order valence-corrected chi connectivity index (χ3v) is 2.70. The van der Waals surface area contributed by atoms with E-state index in [4.69, 9.17) is 0 Å². The van der Waals surface area contributed by atoms with Crippen molar-refractivity contribution >= 4 is 11.9 Å². The molecule has 1 rings (SSSR count). The van der Waals surface area contributed by atoms with Gasteiger partial charge in [0.25, 0.3) is 0 Å². The van der Waals surface area contributed by atoms with Crippen molar-refractivity contribution in [2.45, 2.75) is 32.3 Å². The molecule has 1 aromatic rings. The molecule has 5 heteroatoms. The number of unbranched alkanes of at least 4 members (excludes halogenated alkanes) is 1. The van der Waals surface area contributed by atoms with Crippen molar-refractivity contribution in [2.24, 2.45) is 0 Å². The number of carboxylic acids is 2. The van der Waals surface area contributed by atoms with E-state index in [0.29, 0.717) is 12.8 Å². The molecule has 1 aromatic carbocycles. The third kappa shape index (κ3) is 3.30. The normalized spacial score (nSPS) is 12.1. The van der Waals surface area contributed by atoms with Gasteiger partial charge in [0, 0.05) is 5.56 Å². The average molecular weight is 250 g/mol. The Morgan fingerprint density at radius 1 is 1.28 bits per heavy atom. The summed E-state index contributed by atoms with van der Waals surface area (Å²) in [5.74, 6) is -2.85. The Kier molecular flexibility index (Phi) is 4.85. The van der Waals surface area contributed by atoms with E-state index in [2.05, 4.69) is 0 Å². The molecule has 1 unspecified atom stereocenters. The molecule has 0 aliphatic rings. The van der Waals surface area contributed by atoms with Crippen molar-refractivity contribution in [1.29, 1.82) is 0 Å². The van der Waals surface area contributed by atoms with E-state index in [0.717, 1.165) is 24.6 Å². The molecule has 0 fully saturated rings. The van der Waals surface area contributed by atoms with E-state index >= 15 is 0 Å². The van der Waals surface area contributed by atoms with E-state index < -0.39 is 18.0 Å². The Labute approximate surface area is 105 Å². The number of carbonyl (C=O) groups excluding carboxylic acids is 2. The summed E-state index contributed by atoms with van der Waals surface area (Å²) >= 11 is 0. The van der Waals surface area contributed by atoms with Crippen LogP contribution < -0.4 is 10.2 Å². The predicted molar refractivity (Wildman–Crippen MR) is 59.6 cm³/mol. The third-order valence-electron chi connectivity index (χ3n) is 2.70. The van der Waals surface area contributed by atoms with Crippen LogP contribution in [0, 0.1) is 0 Å². The molecule has 18 heavy (non-hydrogen) atoms. The first-order chi connectivity index (χ1) is 8.47. The van der Waals surface area contributed by atoms with Gasteiger partial charge in [-0.15, -0.1) is 0 Å². The van der Waals surface area contributed by atoms with Crippen molar-refractivity contribution in [3.05, 3.63) is 34.9 Å². The molecule has 98 valence electrons. The highest BCUT2D eigenvalue weighted by molar-refractivity contribution is 5.91. The maximum atomic E-state index is 10.9. The van der Waals surface area contributed by atoms with E-state index in [9.17, 15) is 24.9 Å². The molecule has 0 amide bonds. The van der Waals surface area contributed by atoms with Crippen molar-refractivity contribution < 1.29 is 24.9 Å². The lowest BCUT2D eigenvalue weighted by atomic mass is 9.96. The molecule has 1 atom stereocenters. The number of benzene rings is 1. The summed E-state index contributed by atoms with van der Waals surface area (Å²) in [6, 6.07) is 3.36. The summed E-state index contributed by atoms with van der Waals surface area (Å²) in [5.41, 5.74) is -0.292. The van der Waals surface area contributed by atoms with Crippen LogP contribution >= 0.6 is 0 Å². The largest absolute Gasteiger partial charge is 0.545 e. The Morgan fingerprint density at radius 3 is 2.44 bits per heavy atom. The first-order valence-corrected chi connectivity index (χ1v) is 5.72. The summed E-state index contributed by atoms with van der Waals surface area (Å²) in [7, 11) is 0. The quantitative estimate of drug-likeness (QED) is 0.742. The lowest BCUT2D eigenvalue weighted by Gasteiger charge is -2.17. The first-order valence-electron chi connectivity index (χ1n) is 5.72. The minimum Gasteiger partial charge on any atom is -0.545 e. The van der Waals surface area contributed by atoms with Crippen LogP contribution in [0.2, 0.25) is 0 Å². The van der Waals surface area contributed by atoms with Crippen LogP contribution in [0.15, 0.2) is 18.2 Å². The molecule has 0 aliphatic heterocycles. The lowest BCUT2D eigenvalue weighted by Crippen LogP contribution is -2.26. The van der Waals surface area contributed by atoms with E-state index in [1.165, 1.54) is 0 Å². The van der Waals surface area contributed by atoms with Gasteiger partial charge in [-0.2, -0.15) is 0 Å². The number of hydrogen-bond acceptors (Lipinski definition) is 5. The Hall–Kier alpha value is -1.88. The van der Waals surface area contributed by atoms with E-state index in [1.54, 1.807) is 0 Å². The second-order valence-corrected chi connectivity index (χ2v) is 4.03. The number of hydrogen-bond donors (Lipinski definition) is 1. The smallest absolute Gasteiger partial charge is 0.0796 e. The van der Waals surface area contributed by atoms with Gasteiger partial charge in [-0.25, -0.2) is 0 Å². The van der Waals surface area contributed by atoms with Gasteiger partial charge < -0.3 is 24.9 Å². The number of carbonyl (C=O) groups is 2. The van der Waals surface area contributed by atoms with Crippen LogP contribution in [0.1, 0.15) is 58.6 Å². The lowest BCUT2D eigenvalue weighted by molar-refractivity contribution is -0.256. The van der Waals surface area contributed by atoms with Crippen LogP contribution in [0.4, 0.5) is 0 Å².